The maximum absolute atomic E-state index is 12.2. The SMILES string of the molecule is CN(C)C(=O)c1cc2n(n1)CC1(CCN(c3nccc(N(C)C)n3)CC1)OC2. The quantitative estimate of drug-likeness (QED) is 0.780. The highest BCUT2D eigenvalue weighted by atomic mass is 16.5. The number of aromatic nitrogens is 4. The molecular formula is C19H27N7O2. The molecule has 2 aliphatic rings. The lowest BCUT2D eigenvalue weighted by molar-refractivity contribution is -0.106. The summed E-state index contributed by atoms with van der Waals surface area (Å²) in [6.45, 7) is 2.82. The van der Waals surface area contributed by atoms with Crippen LogP contribution in [0, 0.1) is 0 Å². The van der Waals surface area contributed by atoms with Gasteiger partial charge in [-0.3, -0.25) is 9.48 Å². The number of ether oxygens (including phenoxy) is 1. The van der Waals surface area contributed by atoms with Gasteiger partial charge >= 0.3 is 0 Å². The Balaban J connectivity index is 1.45. The summed E-state index contributed by atoms with van der Waals surface area (Å²) in [5, 5.41) is 4.53. The maximum Gasteiger partial charge on any atom is 0.273 e. The van der Waals surface area contributed by atoms with Crippen LogP contribution in [-0.4, -0.2) is 77.4 Å². The van der Waals surface area contributed by atoms with E-state index in [1.54, 1.807) is 25.2 Å². The minimum Gasteiger partial charge on any atom is -0.367 e. The summed E-state index contributed by atoms with van der Waals surface area (Å²) in [5.74, 6) is 1.58. The van der Waals surface area contributed by atoms with E-state index in [9.17, 15) is 4.79 Å². The van der Waals surface area contributed by atoms with Gasteiger partial charge in [0.05, 0.1) is 24.4 Å². The summed E-state index contributed by atoms with van der Waals surface area (Å²) in [4.78, 5) is 27.0. The number of piperidine rings is 1. The molecule has 2 aromatic rings. The van der Waals surface area contributed by atoms with Gasteiger partial charge in [-0.2, -0.15) is 10.1 Å². The number of rotatable bonds is 3. The van der Waals surface area contributed by atoms with Gasteiger partial charge in [-0.1, -0.05) is 0 Å². The van der Waals surface area contributed by atoms with Crippen molar-refractivity contribution in [2.75, 3.05) is 51.1 Å². The standard InChI is InChI=1S/C19H27N7O2/c1-23(2)16-5-8-20-18(21-16)25-9-6-19(7-10-25)13-26-14(12-28-19)11-15(22-26)17(27)24(3)4/h5,8,11H,6-7,9-10,12-13H2,1-4H3. The minimum atomic E-state index is -0.243. The number of carbonyl (C=O) groups excluding carboxylic acids is 1. The number of fused-ring (bicyclic) bond motifs is 1. The molecule has 9 nitrogen and oxygen atoms in total. The minimum absolute atomic E-state index is 0.0799. The summed E-state index contributed by atoms with van der Waals surface area (Å²) in [6, 6.07) is 3.75. The fourth-order valence-corrected chi connectivity index (χ4v) is 3.75. The topological polar surface area (TPSA) is 79.6 Å². The molecule has 0 atom stereocenters. The molecule has 0 radical (unpaired) electrons. The fraction of sp³-hybridized carbons (Fsp3) is 0.579. The average molecular weight is 385 g/mol. The Morgan fingerprint density at radius 1 is 1.21 bits per heavy atom. The fourth-order valence-electron chi connectivity index (χ4n) is 3.75. The van der Waals surface area contributed by atoms with Crippen LogP contribution in [0.2, 0.25) is 0 Å². The molecule has 4 rings (SSSR count). The Bertz CT molecular complexity index is 869. The van der Waals surface area contributed by atoms with Gasteiger partial charge in [0, 0.05) is 47.5 Å². The van der Waals surface area contributed by atoms with Crippen molar-refractivity contribution in [1.29, 1.82) is 0 Å². The first-order valence-corrected chi connectivity index (χ1v) is 9.55. The molecule has 0 saturated carbocycles. The summed E-state index contributed by atoms with van der Waals surface area (Å²) < 4.78 is 8.21. The van der Waals surface area contributed by atoms with E-state index < -0.39 is 0 Å². The molecule has 1 spiro atoms. The third kappa shape index (κ3) is 3.42. The molecule has 9 heteroatoms. The molecule has 0 unspecified atom stereocenters. The zero-order valence-corrected chi connectivity index (χ0v) is 16.9. The van der Waals surface area contributed by atoms with Crippen molar-refractivity contribution in [2.45, 2.75) is 31.6 Å². The van der Waals surface area contributed by atoms with E-state index in [1.807, 2.05) is 35.8 Å². The van der Waals surface area contributed by atoms with E-state index in [-0.39, 0.29) is 11.5 Å². The molecule has 0 N–H and O–H groups in total. The second kappa shape index (κ2) is 7.05. The molecule has 2 aromatic heterocycles. The average Bonchev–Trinajstić information content (AvgIpc) is 3.10. The number of carbonyl (C=O) groups is 1. The Kier molecular flexibility index (Phi) is 4.70. The molecule has 28 heavy (non-hydrogen) atoms. The Labute approximate surface area is 164 Å². The molecule has 1 saturated heterocycles. The number of amides is 1. The van der Waals surface area contributed by atoms with Crippen LogP contribution in [0.15, 0.2) is 18.3 Å². The van der Waals surface area contributed by atoms with E-state index in [0.717, 1.165) is 43.4 Å². The van der Waals surface area contributed by atoms with Crippen LogP contribution in [0.1, 0.15) is 29.0 Å². The van der Waals surface area contributed by atoms with Crippen LogP contribution in [0.25, 0.3) is 0 Å². The summed E-state index contributed by atoms with van der Waals surface area (Å²) in [6.07, 6.45) is 3.55. The van der Waals surface area contributed by atoms with Crippen LogP contribution in [0.3, 0.4) is 0 Å². The van der Waals surface area contributed by atoms with Gasteiger partial charge in [0.2, 0.25) is 5.95 Å². The van der Waals surface area contributed by atoms with Gasteiger partial charge in [0.25, 0.3) is 5.91 Å². The zero-order chi connectivity index (χ0) is 19.9. The lowest BCUT2D eigenvalue weighted by atomic mass is 9.90. The molecule has 0 bridgehead atoms. The molecule has 150 valence electrons. The number of hydrogen-bond donors (Lipinski definition) is 0. The smallest absolute Gasteiger partial charge is 0.273 e. The van der Waals surface area contributed by atoms with Crippen LogP contribution >= 0.6 is 0 Å². The zero-order valence-electron chi connectivity index (χ0n) is 16.9. The highest BCUT2D eigenvalue weighted by molar-refractivity contribution is 5.92. The lowest BCUT2D eigenvalue weighted by Gasteiger charge is -2.43. The lowest BCUT2D eigenvalue weighted by Crippen LogP contribution is -2.51. The Morgan fingerprint density at radius 3 is 2.64 bits per heavy atom. The Hall–Kier alpha value is -2.68. The number of anilines is 2. The van der Waals surface area contributed by atoms with Crippen molar-refractivity contribution in [3.8, 4) is 0 Å². The first-order valence-electron chi connectivity index (χ1n) is 9.55. The van der Waals surface area contributed by atoms with E-state index >= 15 is 0 Å². The number of nitrogens with zero attached hydrogens (tertiary/aromatic N) is 7. The van der Waals surface area contributed by atoms with E-state index in [4.69, 9.17) is 4.74 Å². The predicted octanol–water partition coefficient (Wildman–Crippen LogP) is 1.01. The van der Waals surface area contributed by atoms with Crippen molar-refractivity contribution in [2.24, 2.45) is 0 Å². The highest BCUT2D eigenvalue weighted by Crippen LogP contribution is 2.34. The summed E-state index contributed by atoms with van der Waals surface area (Å²) in [7, 11) is 7.43. The van der Waals surface area contributed by atoms with Crippen LogP contribution in [-0.2, 0) is 17.9 Å². The van der Waals surface area contributed by atoms with Crippen molar-refractivity contribution in [3.63, 3.8) is 0 Å². The maximum atomic E-state index is 12.2. The Morgan fingerprint density at radius 2 is 1.96 bits per heavy atom. The monoisotopic (exact) mass is 385 g/mol. The van der Waals surface area contributed by atoms with Crippen molar-refractivity contribution in [1.82, 2.24) is 24.6 Å². The molecule has 1 amide bonds. The van der Waals surface area contributed by atoms with Crippen LogP contribution < -0.4 is 9.80 Å². The molecule has 4 heterocycles. The molecule has 0 aromatic carbocycles. The van der Waals surface area contributed by atoms with Gasteiger partial charge in [0.1, 0.15) is 5.82 Å². The molecule has 1 fully saturated rings. The van der Waals surface area contributed by atoms with Crippen LogP contribution in [0.5, 0.6) is 0 Å². The van der Waals surface area contributed by atoms with Gasteiger partial charge in [-0.15, -0.1) is 0 Å². The van der Waals surface area contributed by atoms with Gasteiger partial charge in [-0.25, -0.2) is 4.98 Å². The second-order valence-corrected chi connectivity index (χ2v) is 7.95. The van der Waals surface area contributed by atoms with Gasteiger partial charge < -0.3 is 19.4 Å². The third-order valence-electron chi connectivity index (χ3n) is 5.50. The van der Waals surface area contributed by atoms with E-state index in [1.165, 1.54) is 0 Å². The highest BCUT2D eigenvalue weighted by Gasteiger charge is 2.40. The molecular weight excluding hydrogens is 358 g/mol. The van der Waals surface area contributed by atoms with Crippen molar-refractivity contribution < 1.29 is 9.53 Å². The normalized spacial score (nSPS) is 18.1. The molecule has 0 aliphatic carbocycles. The van der Waals surface area contributed by atoms with E-state index in [2.05, 4.69) is 20.0 Å². The van der Waals surface area contributed by atoms with E-state index in [0.29, 0.717) is 18.8 Å². The van der Waals surface area contributed by atoms with Gasteiger partial charge in [-0.05, 0) is 25.0 Å². The molecule has 2 aliphatic heterocycles. The summed E-state index contributed by atoms with van der Waals surface area (Å²) >= 11 is 0. The first-order chi connectivity index (χ1) is 13.4. The van der Waals surface area contributed by atoms with Crippen molar-refractivity contribution >= 4 is 17.7 Å². The predicted molar refractivity (Wildman–Crippen MR) is 106 cm³/mol. The van der Waals surface area contributed by atoms with Gasteiger partial charge in [0.15, 0.2) is 5.69 Å². The largest absolute Gasteiger partial charge is 0.367 e. The second-order valence-electron chi connectivity index (χ2n) is 7.95. The number of hydrogen-bond acceptors (Lipinski definition) is 7. The van der Waals surface area contributed by atoms with Crippen molar-refractivity contribution in [3.05, 3.63) is 29.7 Å². The third-order valence-corrected chi connectivity index (χ3v) is 5.50. The van der Waals surface area contributed by atoms with Crippen LogP contribution in [0.4, 0.5) is 11.8 Å². The first kappa shape index (κ1) is 18.7. The summed E-state index contributed by atoms with van der Waals surface area (Å²) in [5.41, 5.74) is 1.19.